The van der Waals surface area contributed by atoms with Gasteiger partial charge in [-0.1, -0.05) is 0 Å². The van der Waals surface area contributed by atoms with Crippen LogP contribution in [-0.2, 0) is 4.74 Å². The van der Waals surface area contributed by atoms with Crippen LogP contribution in [0.25, 0.3) is 10.9 Å². The molecule has 21 heavy (non-hydrogen) atoms. The highest BCUT2D eigenvalue weighted by Crippen LogP contribution is 2.33. The number of halogens is 1. The summed E-state index contributed by atoms with van der Waals surface area (Å²) in [5, 5.41) is 10.4. The molecule has 112 valence electrons. The number of pyridine rings is 1. The topological polar surface area (TPSA) is 45.6 Å². The van der Waals surface area contributed by atoms with Crippen molar-refractivity contribution in [3.05, 3.63) is 35.8 Å². The number of rotatable bonds is 3. The van der Waals surface area contributed by atoms with E-state index in [0.29, 0.717) is 6.54 Å². The van der Waals surface area contributed by atoms with Crippen LogP contribution in [0.4, 0.5) is 10.1 Å². The molecule has 2 aromatic rings. The van der Waals surface area contributed by atoms with E-state index in [1.54, 1.807) is 13.2 Å². The van der Waals surface area contributed by atoms with Gasteiger partial charge in [-0.25, -0.2) is 4.39 Å². The van der Waals surface area contributed by atoms with Gasteiger partial charge in [0.05, 0.1) is 24.3 Å². The molecule has 0 radical (unpaired) electrons. The monoisotopic (exact) mass is 290 g/mol. The summed E-state index contributed by atoms with van der Waals surface area (Å²) in [5.74, 6) is -0.280. The smallest absolute Gasteiger partial charge is 0.124 e. The standard InChI is InChI=1S/C16H19FN2O2/c1-10-5-16(14-6-11(17)3-4-15(14)18-10)19-8-13(21-2)7-12(19)9-20/h3-6,12-13,20H,7-9H2,1-2H3/t12-,13+/m0/s1. The second kappa shape index (κ2) is 5.58. The SMILES string of the molecule is CO[C@@H]1C[C@@H](CO)N(c2cc(C)nc3ccc(F)cc23)C1. The highest BCUT2D eigenvalue weighted by molar-refractivity contribution is 5.92. The van der Waals surface area contributed by atoms with Crippen molar-refractivity contribution >= 4 is 16.6 Å². The van der Waals surface area contributed by atoms with E-state index in [0.717, 1.165) is 28.7 Å². The van der Waals surface area contributed by atoms with Crippen LogP contribution in [-0.4, -0.2) is 42.5 Å². The second-order valence-electron chi connectivity index (χ2n) is 5.53. The summed E-state index contributed by atoms with van der Waals surface area (Å²) in [6.45, 7) is 2.67. The van der Waals surface area contributed by atoms with Gasteiger partial charge >= 0.3 is 0 Å². The van der Waals surface area contributed by atoms with Gasteiger partial charge in [-0.05, 0) is 37.6 Å². The quantitative estimate of drug-likeness (QED) is 0.942. The number of anilines is 1. The maximum Gasteiger partial charge on any atom is 0.124 e. The molecular formula is C16H19FN2O2. The van der Waals surface area contributed by atoms with Crippen molar-refractivity contribution in [1.82, 2.24) is 4.98 Å². The molecule has 5 heteroatoms. The van der Waals surface area contributed by atoms with Crippen LogP contribution in [0.5, 0.6) is 0 Å². The molecule has 1 N–H and O–H groups in total. The molecule has 1 aliphatic heterocycles. The van der Waals surface area contributed by atoms with Crippen molar-refractivity contribution in [3.8, 4) is 0 Å². The lowest BCUT2D eigenvalue weighted by Crippen LogP contribution is -2.32. The van der Waals surface area contributed by atoms with Crippen molar-refractivity contribution in [1.29, 1.82) is 0 Å². The first-order valence-electron chi connectivity index (χ1n) is 7.09. The Balaban J connectivity index is 2.12. The fourth-order valence-corrected chi connectivity index (χ4v) is 3.06. The molecule has 1 fully saturated rings. The summed E-state index contributed by atoms with van der Waals surface area (Å²) in [6, 6.07) is 6.56. The normalized spacial score (nSPS) is 22.2. The van der Waals surface area contributed by atoms with Crippen LogP contribution in [0.2, 0.25) is 0 Å². The number of hydrogen-bond acceptors (Lipinski definition) is 4. The number of ether oxygens (including phenoxy) is 1. The summed E-state index contributed by atoms with van der Waals surface area (Å²) < 4.78 is 19.0. The first kappa shape index (κ1) is 14.2. The highest BCUT2D eigenvalue weighted by atomic mass is 19.1. The van der Waals surface area contributed by atoms with E-state index >= 15 is 0 Å². The third-order valence-electron chi connectivity index (χ3n) is 4.11. The molecule has 0 bridgehead atoms. The zero-order chi connectivity index (χ0) is 15.0. The summed E-state index contributed by atoms with van der Waals surface area (Å²) in [5.41, 5.74) is 2.56. The van der Waals surface area contributed by atoms with E-state index in [1.165, 1.54) is 12.1 Å². The average Bonchev–Trinajstić information content (AvgIpc) is 2.90. The third-order valence-corrected chi connectivity index (χ3v) is 4.11. The Hall–Kier alpha value is -1.72. The number of aliphatic hydroxyl groups excluding tert-OH is 1. The number of aromatic nitrogens is 1. The van der Waals surface area contributed by atoms with Crippen molar-refractivity contribution < 1.29 is 14.2 Å². The van der Waals surface area contributed by atoms with Gasteiger partial charge in [-0.2, -0.15) is 0 Å². The van der Waals surface area contributed by atoms with Crippen molar-refractivity contribution in [3.63, 3.8) is 0 Å². The molecule has 0 saturated carbocycles. The Kier molecular flexibility index (Phi) is 3.78. The van der Waals surface area contributed by atoms with Crippen molar-refractivity contribution in [2.24, 2.45) is 0 Å². The number of aliphatic hydroxyl groups is 1. The van der Waals surface area contributed by atoms with Gasteiger partial charge in [0.15, 0.2) is 0 Å². The van der Waals surface area contributed by atoms with Crippen LogP contribution in [0.1, 0.15) is 12.1 Å². The molecule has 1 aromatic carbocycles. The Morgan fingerprint density at radius 3 is 2.95 bits per heavy atom. The Morgan fingerprint density at radius 2 is 2.24 bits per heavy atom. The fraction of sp³-hybridized carbons (Fsp3) is 0.438. The van der Waals surface area contributed by atoms with Crippen LogP contribution in [0.15, 0.2) is 24.3 Å². The van der Waals surface area contributed by atoms with E-state index in [4.69, 9.17) is 4.74 Å². The molecular weight excluding hydrogens is 271 g/mol. The van der Waals surface area contributed by atoms with Crippen molar-refractivity contribution in [2.75, 3.05) is 25.2 Å². The molecule has 1 aliphatic rings. The number of benzene rings is 1. The van der Waals surface area contributed by atoms with E-state index in [1.807, 2.05) is 13.0 Å². The number of methoxy groups -OCH3 is 1. The maximum absolute atomic E-state index is 13.6. The van der Waals surface area contributed by atoms with E-state index < -0.39 is 0 Å². The van der Waals surface area contributed by atoms with Gasteiger partial charge in [0.2, 0.25) is 0 Å². The van der Waals surface area contributed by atoms with Crippen LogP contribution in [0, 0.1) is 12.7 Å². The molecule has 4 nitrogen and oxygen atoms in total. The molecule has 0 unspecified atom stereocenters. The summed E-state index contributed by atoms with van der Waals surface area (Å²) >= 11 is 0. The van der Waals surface area contributed by atoms with Crippen LogP contribution >= 0.6 is 0 Å². The van der Waals surface area contributed by atoms with E-state index in [-0.39, 0.29) is 24.6 Å². The molecule has 1 saturated heterocycles. The zero-order valence-electron chi connectivity index (χ0n) is 12.2. The molecule has 2 heterocycles. The average molecular weight is 290 g/mol. The molecule has 3 rings (SSSR count). The molecule has 0 aliphatic carbocycles. The van der Waals surface area contributed by atoms with Crippen LogP contribution in [0.3, 0.4) is 0 Å². The first-order valence-corrected chi connectivity index (χ1v) is 7.09. The molecule has 1 aromatic heterocycles. The van der Waals surface area contributed by atoms with Gasteiger partial charge in [0.25, 0.3) is 0 Å². The lowest BCUT2D eigenvalue weighted by atomic mass is 10.1. The largest absolute Gasteiger partial charge is 0.394 e. The summed E-state index contributed by atoms with van der Waals surface area (Å²) in [6.07, 6.45) is 0.852. The summed E-state index contributed by atoms with van der Waals surface area (Å²) in [7, 11) is 1.68. The predicted molar refractivity (Wildman–Crippen MR) is 80.1 cm³/mol. The molecule has 2 atom stereocenters. The second-order valence-corrected chi connectivity index (χ2v) is 5.53. The van der Waals surface area contributed by atoms with E-state index in [2.05, 4.69) is 9.88 Å². The number of aryl methyl sites for hydroxylation is 1. The minimum absolute atomic E-state index is 0.0109. The predicted octanol–water partition coefficient (Wildman–Crippen LogP) is 2.27. The lowest BCUT2D eigenvalue weighted by molar-refractivity contribution is 0.115. The Labute approximate surface area is 123 Å². The first-order chi connectivity index (χ1) is 10.1. The minimum atomic E-state index is -0.280. The van der Waals surface area contributed by atoms with Crippen molar-refractivity contribution in [2.45, 2.75) is 25.5 Å². The number of hydrogen-bond donors (Lipinski definition) is 1. The number of fused-ring (bicyclic) bond motifs is 1. The van der Waals surface area contributed by atoms with Gasteiger partial charge in [-0.15, -0.1) is 0 Å². The highest BCUT2D eigenvalue weighted by Gasteiger charge is 2.32. The zero-order valence-corrected chi connectivity index (χ0v) is 12.2. The molecule has 0 amide bonds. The van der Waals surface area contributed by atoms with Gasteiger partial charge in [-0.3, -0.25) is 4.98 Å². The molecule has 0 spiro atoms. The van der Waals surface area contributed by atoms with E-state index in [9.17, 15) is 9.50 Å². The fourth-order valence-electron chi connectivity index (χ4n) is 3.06. The third kappa shape index (κ3) is 2.59. The number of nitrogens with zero attached hydrogens (tertiary/aromatic N) is 2. The Morgan fingerprint density at radius 1 is 1.43 bits per heavy atom. The Bertz CT molecular complexity index is 662. The maximum atomic E-state index is 13.6. The summed E-state index contributed by atoms with van der Waals surface area (Å²) in [4.78, 5) is 6.55. The van der Waals surface area contributed by atoms with Crippen LogP contribution < -0.4 is 4.90 Å². The van der Waals surface area contributed by atoms with Gasteiger partial charge < -0.3 is 14.7 Å². The van der Waals surface area contributed by atoms with Gasteiger partial charge in [0.1, 0.15) is 5.82 Å². The van der Waals surface area contributed by atoms with Gasteiger partial charge in [0, 0.05) is 30.4 Å². The minimum Gasteiger partial charge on any atom is -0.394 e. The lowest BCUT2D eigenvalue weighted by Gasteiger charge is -2.26.